The number of hydrogen-bond acceptors (Lipinski definition) is 4. The van der Waals surface area contributed by atoms with Crippen molar-refractivity contribution in [3.63, 3.8) is 0 Å². The molecule has 0 aliphatic carbocycles. The fraction of sp³-hybridized carbons (Fsp3) is 0.263. The van der Waals surface area contributed by atoms with Crippen LogP contribution >= 0.6 is 15.9 Å². The highest BCUT2D eigenvalue weighted by Gasteiger charge is 2.15. The third kappa shape index (κ3) is 6.23. The first-order valence-electron chi connectivity index (χ1n) is 8.07. The molecule has 0 saturated carbocycles. The zero-order valence-corrected chi connectivity index (χ0v) is 15.8. The van der Waals surface area contributed by atoms with Gasteiger partial charge in [-0.25, -0.2) is 5.43 Å². The van der Waals surface area contributed by atoms with Crippen molar-refractivity contribution in [1.29, 1.82) is 0 Å². The number of hydrazone groups is 1. The van der Waals surface area contributed by atoms with Gasteiger partial charge in [0.25, 0.3) is 5.91 Å². The van der Waals surface area contributed by atoms with E-state index in [1.54, 1.807) is 19.2 Å². The fourth-order valence-electron chi connectivity index (χ4n) is 1.92. The number of amides is 1. The van der Waals surface area contributed by atoms with Crippen LogP contribution in [0, 0.1) is 0 Å². The second-order valence-electron chi connectivity index (χ2n) is 5.34. The maximum Gasteiger partial charge on any atom is 0.280 e. The molecule has 1 atom stereocenters. The Labute approximate surface area is 156 Å². The topological polar surface area (TPSA) is 59.9 Å². The molecule has 2 aromatic rings. The molecule has 1 unspecified atom stereocenters. The van der Waals surface area contributed by atoms with Crippen molar-refractivity contribution in [2.75, 3.05) is 6.61 Å². The van der Waals surface area contributed by atoms with Crippen LogP contribution in [0.25, 0.3) is 0 Å². The minimum Gasteiger partial charge on any atom is -0.494 e. The first-order valence-corrected chi connectivity index (χ1v) is 8.86. The average molecular weight is 405 g/mol. The van der Waals surface area contributed by atoms with E-state index in [1.165, 1.54) is 0 Å². The van der Waals surface area contributed by atoms with Crippen molar-refractivity contribution in [1.82, 2.24) is 5.43 Å². The van der Waals surface area contributed by atoms with Crippen LogP contribution in [0.4, 0.5) is 0 Å². The lowest BCUT2D eigenvalue weighted by Crippen LogP contribution is -2.33. The molecular formula is C19H21BrN2O3. The van der Waals surface area contributed by atoms with Crippen molar-refractivity contribution >= 4 is 28.1 Å². The molecule has 5 nitrogen and oxygen atoms in total. The highest BCUT2D eigenvalue weighted by Crippen LogP contribution is 2.24. The zero-order chi connectivity index (χ0) is 18.1. The second-order valence-corrected chi connectivity index (χ2v) is 6.20. The standard InChI is InChI=1S/C19H21BrN2O3/c1-3-12-24-16-10-8-15(9-11-16)13-21-22-19(23)14(2)25-18-7-5-4-6-17(18)20/h4-11,13-14H,3,12H2,1-2H3,(H,22,23)/b21-13+. The molecule has 0 spiro atoms. The highest BCUT2D eigenvalue weighted by atomic mass is 79.9. The molecule has 0 heterocycles. The largest absolute Gasteiger partial charge is 0.494 e. The van der Waals surface area contributed by atoms with Crippen molar-refractivity contribution in [3.8, 4) is 11.5 Å². The molecular weight excluding hydrogens is 384 g/mol. The minimum absolute atomic E-state index is 0.324. The Morgan fingerprint density at radius 2 is 1.96 bits per heavy atom. The van der Waals surface area contributed by atoms with E-state index in [4.69, 9.17) is 9.47 Å². The summed E-state index contributed by atoms with van der Waals surface area (Å²) >= 11 is 3.38. The van der Waals surface area contributed by atoms with E-state index in [9.17, 15) is 4.79 Å². The number of nitrogens with zero attached hydrogens (tertiary/aromatic N) is 1. The number of hydrogen-bond donors (Lipinski definition) is 1. The molecule has 1 amide bonds. The van der Waals surface area contributed by atoms with Crippen LogP contribution in [0.5, 0.6) is 11.5 Å². The number of para-hydroxylation sites is 1. The monoisotopic (exact) mass is 404 g/mol. The molecule has 0 radical (unpaired) electrons. The summed E-state index contributed by atoms with van der Waals surface area (Å²) in [5, 5.41) is 3.96. The smallest absolute Gasteiger partial charge is 0.280 e. The van der Waals surface area contributed by atoms with Crippen LogP contribution in [0.3, 0.4) is 0 Å². The van der Waals surface area contributed by atoms with Gasteiger partial charge in [-0.2, -0.15) is 5.10 Å². The van der Waals surface area contributed by atoms with Gasteiger partial charge in [-0.1, -0.05) is 19.1 Å². The van der Waals surface area contributed by atoms with E-state index in [0.717, 1.165) is 22.2 Å². The molecule has 0 bridgehead atoms. The van der Waals surface area contributed by atoms with Crippen LogP contribution in [-0.2, 0) is 4.79 Å². The van der Waals surface area contributed by atoms with Gasteiger partial charge in [0.05, 0.1) is 17.3 Å². The van der Waals surface area contributed by atoms with Gasteiger partial charge in [0, 0.05) is 0 Å². The Hall–Kier alpha value is -2.34. The highest BCUT2D eigenvalue weighted by molar-refractivity contribution is 9.10. The summed E-state index contributed by atoms with van der Waals surface area (Å²) in [5.41, 5.74) is 3.34. The molecule has 132 valence electrons. The Kier molecular flexibility index (Phi) is 7.47. The third-order valence-electron chi connectivity index (χ3n) is 3.25. The van der Waals surface area contributed by atoms with E-state index in [2.05, 4.69) is 33.4 Å². The molecule has 2 rings (SSSR count). The van der Waals surface area contributed by atoms with E-state index in [0.29, 0.717) is 12.4 Å². The lowest BCUT2D eigenvalue weighted by atomic mass is 10.2. The van der Waals surface area contributed by atoms with Crippen LogP contribution in [0.2, 0.25) is 0 Å². The maximum absolute atomic E-state index is 12.0. The summed E-state index contributed by atoms with van der Waals surface area (Å²) in [6, 6.07) is 14.9. The summed E-state index contributed by atoms with van der Waals surface area (Å²) in [5.74, 6) is 1.10. The van der Waals surface area contributed by atoms with E-state index in [-0.39, 0.29) is 5.91 Å². The first kappa shape index (κ1) is 19.0. The zero-order valence-electron chi connectivity index (χ0n) is 14.2. The van der Waals surface area contributed by atoms with Gasteiger partial charge in [-0.3, -0.25) is 4.79 Å². The molecule has 0 aromatic heterocycles. The molecule has 1 N–H and O–H groups in total. The Balaban J connectivity index is 1.84. The summed E-state index contributed by atoms with van der Waals surface area (Å²) in [7, 11) is 0. The van der Waals surface area contributed by atoms with Gasteiger partial charge in [-0.05, 0) is 71.2 Å². The molecule has 6 heteroatoms. The Morgan fingerprint density at radius 3 is 2.64 bits per heavy atom. The van der Waals surface area contributed by atoms with Crippen LogP contribution in [0.15, 0.2) is 58.1 Å². The van der Waals surface area contributed by atoms with Crippen molar-refractivity contribution in [3.05, 3.63) is 58.6 Å². The van der Waals surface area contributed by atoms with E-state index >= 15 is 0 Å². The van der Waals surface area contributed by atoms with Crippen LogP contribution in [0.1, 0.15) is 25.8 Å². The quantitative estimate of drug-likeness (QED) is 0.530. The predicted octanol–water partition coefficient (Wildman–Crippen LogP) is 4.16. The Morgan fingerprint density at radius 1 is 1.24 bits per heavy atom. The molecule has 0 aliphatic rings. The summed E-state index contributed by atoms with van der Waals surface area (Å²) < 4.78 is 11.9. The van der Waals surface area contributed by atoms with Crippen molar-refractivity contribution in [2.45, 2.75) is 26.4 Å². The summed E-state index contributed by atoms with van der Waals surface area (Å²) in [6.07, 6.45) is 1.88. The van der Waals surface area contributed by atoms with Crippen molar-refractivity contribution < 1.29 is 14.3 Å². The molecule has 0 saturated heterocycles. The van der Waals surface area contributed by atoms with Gasteiger partial charge >= 0.3 is 0 Å². The normalized spacial score (nSPS) is 12.0. The fourth-order valence-corrected chi connectivity index (χ4v) is 2.29. The van der Waals surface area contributed by atoms with Gasteiger partial charge in [0.15, 0.2) is 6.10 Å². The number of rotatable bonds is 8. The summed E-state index contributed by atoms with van der Waals surface area (Å²) in [4.78, 5) is 12.0. The minimum atomic E-state index is -0.666. The number of benzene rings is 2. The third-order valence-corrected chi connectivity index (χ3v) is 3.91. The Bertz CT molecular complexity index is 717. The molecule has 2 aromatic carbocycles. The van der Waals surface area contributed by atoms with E-state index in [1.807, 2.05) is 42.5 Å². The van der Waals surface area contributed by atoms with Crippen LogP contribution < -0.4 is 14.9 Å². The van der Waals surface area contributed by atoms with Crippen LogP contribution in [-0.4, -0.2) is 24.8 Å². The lowest BCUT2D eigenvalue weighted by molar-refractivity contribution is -0.127. The van der Waals surface area contributed by atoms with Gasteiger partial charge in [0.2, 0.25) is 0 Å². The lowest BCUT2D eigenvalue weighted by Gasteiger charge is -2.13. The number of ether oxygens (including phenoxy) is 2. The number of carbonyl (C=O) groups excluding carboxylic acids is 1. The second kappa shape index (κ2) is 9.84. The van der Waals surface area contributed by atoms with Gasteiger partial charge in [-0.15, -0.1) is 0 Å². The molecule has 0 aliphatic heterocycles. The SMILES string of the molecule is CCCOc1ccc(/C=N/NC(=O)C(C)Oc2ccccc2Br)cc1. The van der Waals surface area contributed by atoms with E-state index < -0.39 is 6.10 Å². The number of nitrogens with one attached hydrogen (secondary N) is 1. The predicted molar refractivity (Wildman–Crippen MR) is 102 cm³/mol. The number of halogens is 1. The maximum atomic E-state index is 12.0. The number of carbonyl (C=O) groups is 1. The average Bonchev–Trinajstić information content (AvgIpc) is 2.62. The first-order chi connectivity index (χ1) is 12.1. The molecule has 0 fully saturated rings. The summed E-state index contributed by atoms with van der Waals surface area (Å²) in [6.45, 7) is 4.42. The van der Waals surface area contributed by atoms with Crippen molar-refractivity contribution in [2.24, 2.45) is 5.10 Å². The molecule has 25 heavy (non-hydrogen) atoms. The van der Waals surface area contributed by atoms with Gasteiger partial charge < -0.3 is 9.47 Å². The van der Waals surface area contributed by atoms with Gasteiger partial charge in [0.1, 0.15) is 11.5 Å².